The Bertz CT molecular complexity index is 487. The van der Waals surface area contributed by atoms with Crippen LogP contribution in [0.4, 0.5) is 13.2 Å². The van der Waals surface area contributed by atoms with Crippen LogP contribution in [0.5, 0.6) is 0 Å². The van der Waals surface area contributed by atoms with Crippen molar-refractivity contribution in [3.05, 3.63) is 36.0 Å². The fourth-order valence-corrected chi connectivity index (χ4v) is 1.59. The van der Waals surface area contributed by atoms with Gasteiger partial charge in [0.05, 0.1) is 0 Å². The van der Waals surface area contributed by atoms with Crippen LogP contribution in [0.3, 0.4) is 0 Å². The van der Waals surface area contributed by atoms with E-state index >= 15 is 0 Å². The van der Waals surface area contributed by atoms with Gasteiger partial charge in [0, 0.05) is 11.7 Å². The second kappa shape index (κ2) is 3.83. The molecule has 1 atom stereocenters. The summed E-state index contributed by atoms with van der Waals surface area (Å²) in [5, 5.41) is 0.976. The predicted molar refractivity (Wildman–Crippen MR) is 56.0 cm³/mol. The molecule has 2 nitrogen and oxygen atoms in total. The van der Waals surface area contributed by atoms with Crippen LogP contribution in [0, 0.1) is 0 Å². The normalized spacial score (nSPS) is 14.2. The van der Waals surface area contributed by atoms with Crippen LogP contribution >= 0.6 is 0 Å². The molecule has 0 aliphatic heterocycles. The summed E-state index contributed by atoms with van der Waals surface area (Å²) in [5.41, 5.74) is 6.48. The van der Waals surface area contributed by atoms with E-state index in [0.29, 0.717) is 5.56 Å². The van der Waals surface area contributed by atoms with E-state index < -0.39 is 12.2 Å². The molecule has 3 N–H and O–H groups in total. The van der Waals surface area contributed by atoms with E-state index in [-0.39, 0.29) is 6.42 Å². The maximum atomic E-state index is 12.3. The lowest BCUT2D eigenvalue weighted by atomic mass is 10.1. The number of nitrogens with two attached hydrogens (primary N) is 1. The number of halogens is 3. The van der Waals surface area contributed by atoms with Crippen molar-refractivity contribution in [3.63, 3.8) is 0 Å². The summed E-state index contributed by atoms with van der Waals surface area (Å²) in [5.74, 6) is 0. The number of rotatable bonds is 2. The topological polar surface area (TPSA) is 41.8 Å². The third kappa shape index (κ3) is 2.19. The lowest BCUT2D eigenvalue weighted by Gasteiger charge is -2.15. The minimum absolute atomic E-state index is 0.196. The molecule has 1 unspecified atom stereocenters. The van der Waals surface area contributed by atoms with Crippen molar-refractivity contribution in [3.8, 4) is 0 Å². The molecule has 0 amide bonds. The Morgan fingerprint density at radius 1 is 1.25 bits per heavy atom. The van der Waals surface area contributed by atoms with Gasteiger partial charge in [0.15, 0.2) is 0 Å². The van der Waals surface area contributed by atoms with Gasteiger partial charge in [0.1, 0.15) is 6.04 Å². The van der Waals surface area contributed by atoms with Gasteiger partial charge in [-0.1, -0.05) is 12.1 Å². The Morgan fingerprint density at radius 2 is 2.00 bits per heavy atom. The highest BCUT2D eigenvalue weighted by Gasteiger charge is 2.36. The Balaban J connectivity index is 2.21. The summed E-state index contributed by atoms with van der Waals surface area (Å²) < 4.78 is 36.8. The number of fused-ring (bicyclic) bond motifs is 1. The summed E-state index contributed by atoms with van der Waals surface area (Å²) in [7, 11) is 0. The minimum Gasteiger partial charge on any atom is -0.361 e. The zero-order valence-corrected chi connectivity index (χ0v) is 8.38. The number of aromatic nitrogens is 1. The molecule has 0 aliphatic rings. The van der Waals surface area contributed by atoms with Crippen molar-refractivity contribution >= 4 is 10.9 Å². The molecule has 0 bridgehead atoms. The van der Waals surface area contributed by atoms with Gasteiger partial charge < -0.3 is 10.7 Å². The molecule has 0 saturated carbocycles. The van der Waals surface area contributed by atoms with Gasteiger partial charge >= 0.3 is 6.18 Å². The molecule has 16 heavy (non-hydrogen) atoms. The van der Waals surface area contributed by atoms with E-state index in [1.54, 1.807) is 24.4 Å². The first-order chi connectivity index (χ1) is 7.47. The van der Waals surface area contributed by atoms with Crippen molar-refractivity contribution < 1.29 is 13.2 Å². The molecule has 0 radical (unpaired) electrons. The van der Waals surface area contributed by atoms with E-state index in [2.05, 4.69) is 4.98 Å². The van der Waals surface area contributed by atoms with Gasteiger partial charge in [0.2, 0.25) is 0 Å². The standard InChI is InChI=1S/C11H11F3N2/c12-11(13,14)10(15)6-7-1-2-8-3-4-16-9(8)5-7/h1-5,10,16H,6,15H2. The van der Waals surface area contributed by atoms with E-state index in [1.807, 2.05) is 6.07 Å². The van der Waals surface area contributed by atoms with Gasteiger partial charge in [0.25, 0.3) is 0 Å². The molecule has 86 valence electrons. The Labute approximate surface area is 90.3 Å². The Hall–Kier alpha value is -1.49. The molecular weight excluding hydrogens is 217 g/mol. The van der Waals surface area contributed by atoms with Gasteiger partial charge in [-0.25, -0.2) is 0 Å². The Morgan fingerprint density at radius 3 is 2.69 bits per heavy atom. The fourth-order valence-electron chi connectivity index (χ4n) is 1.59. The van der Waals surface area contributed by atoms with Crippen LogP contribution in [-0.2, 0) is 6.42 Å². The summed E-state index contributed by atoms with van der Waals surface area (Å²) in [6.45, 7) is 0. The van der Waals surface area contributed by atoms with Gasteiger partial charge in [-0.3, -0.25) is 0 Å². The van der Waals surface area contributed by atoms with Crippen LogP contribution in [0.2, 0.25) is 0 Å². The van der Waals surface area contributed by atoms with Gasteiger partial charge in [-0.2, -0.15) is 13.2 Å². The summed E-state index contributed by atoms with van der Waals surface area (Å²) in [6.07, 6.45) is -2.79. The molecular formula is C11H11F3N2. The average Bonchev–Trinajstić information content (AvgIpc) is 2.63. The van der Waals surface area contributed by atoms with E-state index in [0.717, 1.165) is 10.9 Å². The number of nitrogens with one attached hydrogen (secondary N) is 1. The number of benzene rings is 1. The fraction of sp³-hybridized carbons (Fsp3) is 0.273. The average molecular weight is 228 g/mol. The first-order valence-corrected chi connectivity index (χ1v) is 4.85. The van der Waals surface area contributed by atoms with Crippen molar-refractivity contribution in [2.75, 3.05) is 0 Å². The molecule has 0 spiro atoms. The first kappa shape index (κ1) is 11.0. The lowest BCUT2D eigenvalue weighted by Crippen LogP contribution is -2.39. The van der Waals surface area contributed by atoms with Crippen molar-refractivity contribution in [2.24, 2.45) is 5.73 Å². The van der Waals surface area contributed by atoms with Gasteiger partial charge in [-0.05, 0) is 29.5 Å². The van der Waals surface area contributed by atoms with Crippen LogP contribution in [-0.4, -0.2) is 17.2 Å². The Kier molecular flexibility index (Phi) is 2.63. The molecule has 1 heterocycles. The number of alkyl halides is 3. The monoisotopic (exact) mass is 228 g/mol. The maximum absolute atomic E-state index is 12.3. The third-order valence-electron chi connectivity index (χ3n) is 2.50. The molecule has 1 aromatic carbocycles. The van der Waals surface area contributed by atoms with E-state index in [9.17, 15) is 13.2 Å². The minimum atomic E-state index is -4.34. The molecule has 2 aromatic rings. The van der Waals surface area contributed by atoms with Crippen molar-refractivity contribution in [1.82, 2.24) is 4.98 Å². The zero-order valence-electron chi connectivity index (χ0n) is 8.38. The zero-order chi connectivity index (χ0) is 11.8. The number of H-pyrrole nitrogens is 1. The molecule has 0 aliphatic carbocycles. The summed E-state index contributed by atoms with van der Waals surface area (Å²) >= 11 is 0. The highest BCUT2D eigenvalue weighted by molar-refractivity contribution is 5.79. The molecule has 2 rings (SSSR count). The van der Waals surface area contributed by atoms with Gasteiger partial charge in [-0.15, -0.1) is 0 Å². The maximum Gasteiger partial charge on any atom is 0.403 e. The predicted octanol–water partition coefficient (Wildman–Crippen LogP) is 2.60. The molecule has 5 heteroatoms. The van der Waals surface area contributed by atoms with Crippen LogP contribution in [0.1, 0.15) is 5.56 Å². The highest BCUT2D eigenvalue weighted by Crippen LogP contribution is 2.22. The number of aromatic amines is 1. The van der Waals surface area contributed by atoms with E-state index in [1.165, 1.54) is 0 Å². The SMILES string of the molecule is NC(Cc1ccc2cc[nH]c2c1)C(F)(F)F. The van der Waals surface area contributed by atoms with Crippen LogP contribution < -0.4 is 5.73 Å². The molecule has 0 fully saturated rings. The van der Waals surface area contributed by atoms with Crippen LogP contribution in [0.25, 0.3) is 10.9 Å². The van der Waals surface area contributed by atoms with Crippen LogP contribution in [0.15, 0.2) is 30.5 Å². The van der Waals surface area contributed by atoms with Crippen molar-refractivity contribution in [2.45, 2.75) is 18.6 Å². The number of hydrogen-bond acceptors (Lipinski definition) is 1. The molecule has 0 saturated heterocycles. The number of hydrogen-bond donors (Lipinski definition) is 2. The largest absolute Gasteiger partial charge is 0.403 e. The first-order valence-electron chi connectivity index (χ1n) is 4.85. The lowest BCUT2D eigenvalue weighted by molar-refractivity contribution is -0.147. The quantitative estimate of drug-likeness (QED) is 0.815. The summed E-state index contributed by atoms with van der Waals surface area (Å²) in [6, 6.07) is 5.20. The van der Waals surface area contributed by atoms with Crippen molar-refractivity contribution in [1.29, 1.82) is 0 Å². The highest BCUT2D eigenvalue weighted by atomic mass is 19.4. The molecule has 1 aromatic heterocycles. The second-order valence-electron chi connectivity index (χ2n) is 3.75. The summed E-state index contributed by atoms with van der Waals surface area (Å²) in [4.78, 5) is 2.95. The van der Waals surface area contributed by atoms with E-state index in [4.69, 9.17) is 5.73 Å². The second-order valence-corrected chi connectivity index (χ2v) is 3.75. The third-order valence-corrected chi connectivity index (χ3v) is 2.50. The smallest absolute Gasteiger partial charge is 0.361 e.